The molecule has 0 saturated carbocycles. The molecule has 0 aromatic heterocycles. The maximum atomic E-state index is 13.5. The summed E-state index contributed by atoms with van der Waals surface area (Å²) in [6, 6.07) is -1.02. The van der Waals surface area contributed by atoms with Crippen LogP contribution in [0.3, 0.4) is 0 Å². The SMILES string of the molecule is CCCCCCCC/C=C/CCCCCCCCCCCCCCCC(=O)OC1C(OCC(NC(=O)C(O)CCCCCCCCCCCCCCCCCCCC)C(O)/C=C/CCCCCCCCCCCCC)OC(CO)C(O)C1O. The molecule has 1 saturated heterocycles. The predicted octanol–water partition coefficient (Wildman–Crippen LogP) is 18.4. The standard InChI is InChI=1S/C72H137NO10/c1-4-7-10-13-16-19-22-25-27-29-31-32-33-34-35-37-39-42-45-48-51-54-57-60-67(77)83-70-69(79)68(78)66(61-74)82-72(70)81-62-63(64(75)58-55-52-49-46-43-40-24-21-18-15-12-9-6-3)73-71(80)65(76)59-56-53-50-47-44-41-38-36-30-28-26-23-20-17-14-11-8-5-2/h25,27,55,58,63-66,68-70,72,74-76,78-79H,4-24,26,28-54,56-57,59-62H2,1-3H3,(H,73,80)/b27-25+,58-55+. The van der Waals surface area contributed by atoms with Crippen molar-refractivity contribution in [3.8, 4) is 0 Å². The van der Waals surface area contributed by atoms with E-state index in [0.29, 0.717) is 19.3 Å². The average Bonchev–Trinajstić information content (AvgIpc) is 3.50. The van der Waals surface area contributed by atoms with Crippen molar-refractivity contribution in [2.75, 3.05) is 13.2 Å². The van der Waals surface area contributed by atoms with E-state index in [9.17, 15) is 35.1 Å². The zero-order valence-corrected chi connectivity index (χ0v) is 54.6. The van der Waals surface area contributed by atoms with Crippen molar-refractivity contribution in [2.45, 2.75) is 410 Å². The Morgan fingerprint density at radius 2 is 0.795 bits per heavy atom. The minimum atomic E-state index is -1.61. The van der Waals surface area contributed by atoms with Crippen LogP contribution in [-0.4, -0.2) is 99.6 Å². The molecule has 0 spiro atoms. The minimum Gasteiger partial charge on any atom is -0.454 e. The van der Waals surface area contributed by atoms with E-state index in [1.165, 1.54) is 257 Å². The molecule has 1 aliphatic rings. The highest BCUT2D eigenvalue weighted by Crippen LogP contribution is 2.26. The Kier molecular flexibility index (Phi) is 57.6. The number of allylic oxidation sites excluding steroid dienone is 3. The molecule has 0 bridgehead atoms. The zero-order chi connectivity index (χ0) is 60.3. The number of aliphatic hydroxyl groups is 5. The maximum absolute atomic E-state index is 13.5. The molecule has 0 aromatic rings. The first-order valence-corrected chi connectivity index (χ1v) is 36.1. The van der Waals surface area contributed by atoms with Gasteiger partial charge in [0, 0.05) is 6.42 Å². The fraction of sp³-hybridized carbons (Fsp3) is 0.917. The molecule has 0 aromatic carbocycles. The van der Waals surface area contributed by atoms with Crippen molar-refractivity contribution >= 4 is 11.9 Å². The van der Waals surface area contributed by atoms with Crippen molar-refractivity contribution in [1.29, 1.82) is 0 Å². The Morgan fingerprint density at radius 1 is 0.458 bits per heavy atom. The van der Waals surface area contributed by atoms with Crippen LogP contribution in [0.25, 0.3) is 0 Å². The maximum Gasteiger partial charge on any atom is 0.306 e. The van der Waals surface area contributed by atoms with Gasteiger partial charge >= 0.3 is 5.97 Å². The van der Waals surface area contributed by atoms with E-state index >= 15 is 0 Å². The Labute approximate surface area is 511 Å². The van der Waals surface area contributed by atoms with E-state index in [-0.39, 0.29) is 13.0 Å². The van der Waals surface area contributed by atoms with Crippen LogP contribution >= 0.6 is 0 Å². The second-order valence-electron chi connectivity index (χ2n) is 25.3. The van der Waals surface area contributed by atoms with Gasteiger partial charge in [-0.1, -0.05) is 328 Å². The van der Waals surface area contributed by atoms with Gasteiger partial charge in [0.05, 0.1) is 25.4 Å². The summed E-state index contributed by atoms with van der Waals surface area (Å²) in [5.74, 6) is -1.17. The van der Waals surface area contributed by atoms with Crippen molar-refractivity contribution < 1.29 is 49.3 Å². The third-order valence-corrected chi connectivity index (χ3v) is 17.4. The highest BCUT2D eigenvalue weighted by atomic mass is 16.7. The zero-order valence-electron chi connectivity index (χ0n) is 54.6. The summed E-state index contributed by atoms with van der Waals surface area (Å²) in [5.41, 5.74) is 0. The smallest absolute Gasteiger partial charge is 0.306 e. The van der Waals surface area contributed by atoms with E-state index < -0.39 is 67.4 Å². The van der Waals surface area contributed by atoms with Gasteiger partial charge < -0.3 is 45.1 Å². The minimum absolute atomic E-state index is 0.129. The second-order valence-corrected chi connectivity index (χ2v) is 25.3. The largest absolute Gasteiger partial charge is 0.454 e. The summed E-state index contributed by atoms with van der Waals surface area (Å²) >= 11 is 0. The number of hydrogen-bond acceptors (Lipinski definition) is 10. The molecule has 8 atom stereocenters. The lowest BCUT2D eigenvalue weighted by molar-refractivity contribution is -0.305. The van der Waals surface area contributed by atoms with Crippen LogP contribution in [0, 0.1) is 0 Å². The molecule has 1 aliphatic heterocycles. The van der Waals surface area contributed by atoms with Gasteiger partial charge in [-0.2, -0.15) is 0 Å². The number of aliphatic hydroxyl groups excluding tert-OH is 5. The molecular weight excluding hydrogens is 1040 g/mol. The number of ether oxygens (including phenoxy) is 3. The third kappa shape index (κ3) is 47.8. The summed E-state index contributed by atoms with van der Waals surface area (Å²) in [6.45, 7) is 5.85. The van der Waals surface area contributed by atoms with Crippen molar-refractivity contribution in [1.82, 2.24) is 5.32 Å². The van der Waals surface area contributed by atoms with Gasteiger partial charge in [0.15, 0.2) is 12.4 Å². The lowest BCUT2D eigenvalue weighted by Gasteiger charge is -2.41. The fourth-order valence-electron chi connectivity index (χ4n) is 11.7. The number of carbonyl (C=O) groups excluding carboxylic acids is 2. The molecule has 0 radical (unpaired) electrons. The topological polar surface area (TPSA) is 175 Å². The van der Waals surface area contributed by atoms with Crippen LogP contribution in [0.1, 0.15) is 361 Å². The summed E-state index contributed by atoms with van der Waals surface area (Å²) in [5, 5.41) is 57.3. The van der Waals surface area contributed by atoms with Crippen LogP contribution in [0.2, 0.25) is 0 Å². The normalized spacial score (nSPS) is 18.6. The molecule has 1 fully saturated rings. The summed E-state index contributed by atoms with van der Waals surface area (Å²) in [4.78, 5) is 26.7. The molecule has 1 amide bonds. The predicted molar refractivity (Wildman–Crippen MR) is 348 cm³/mol. The Morgan fingerprint density at radius 3 is 1.17 bits per heavy atom. The van der Waals surface area contributed by atoms with Crippen LogP contribution in [0.4, 0.5) is 0 Å². The molecule has 6 N–H and O–H groups in total. The van der Waals surface area contributed by atoms with Gasteiger partial charge in [0.25, 0.3) is 0 Å². The van der Waals surface area contributed by atoms with Gasteiger partial charge in [0.2, 0.25) is 5.91 Å². The molecule has 1 rings (SSSR count). The first-order chi connectivity index (χ1) is 40.7. The fourth-order valence-corrected chi connectivity index (χ4v) is 11.7. The van der Waals surface area contributed by atoms with Crippen molar-refractivity contribution in [2.24, 2.45) is 0 Å². The molecule has 8 unspecified atom stereocenters. The van der Waals surface area contributed by atoms with E-state index in [0.717, 1.165) is 57.8 Å². The average molecular weight is 1180 g/mol. The van der Waals surface area contributed by atoms with Crippen LogP contribution in [-0.2, 0) is 23.8 Å². The number of unbranched alkanes of at least 4 members (excludes halogenated alkanes) is 47. The number of amides is 1. The van der Waals surface area contributed by atoms with Crippen LogP contribution in [0.5, 0.6) is 0 Å². The summed E-state index contributed by atoms with van der Waals surface area (Å²) < 4.78 is 17.7. The van der Waals surface area contributed by atoms with Gasteiger partial charge in [-0.05, 0) is 51.4 Å². The molecule has 83 heavy (non-hydrogen) atoms. The monoisotopic (exact) mass is 1180 g/mol. The Balaban J connectivity index is 2.57. The van der Waals surface area contributed by atoms with Gasteiger partial charge in [-0.3, -0.25) is 9.59 Å². The highest BCUT2D eigenvalue weighted by molar-refractivity contribution is 5.80. The number of carbonyl (C=O) groups is 2. The lowest BCUT2D eigenvalue weighted by atomic mass is 9.99. The number of hydrogen-bond donors (Lipinski definition) is 6. The van der Waals surface area contributed by atoms with Crippen LogP contribution in [0.15, 0.2) is 24.3 Å². The van der Waals surface area contributed by atoms with Gasteiger partial charge in [-0.25, -0.2) is 0 Å². The molecule has 0 aliphatic carbocycles. The highest BCUT2D eigenvalue weighted by Gasteiger charge is 2.47. The van der Waals surface area contributed by atoms with Crippen LogP contribution < -0.4 is 5.32 Å². The number of nitrogens with one attached hydrogen (secondary N) is 1. The Hall–Kier alpha value is -1.86. The molecule has 11 nitrogen and oxygen atoms in total. The van der Waals surface area contributed by atoms with E-state index in [2.05, 4.69) is 38.2 Å². The van der Waals surface area contributed by atoms with Crippen molar-refractivity contribution in [3.63, 3.8) is 0 Å². The van der Waals surface area contributed by atoms with Gasteiger partial charge in [-0.15, -0.1) is 0 Å². The van der Waals surface area contributed by atoms with Crippen molar-refractivity contribution in [3.05, 3.63) is 24.3 Å². The number of rotatable bonds is 63. The lowest BCUT2D eigenvalue weighted by Crippen LogP contribution is -2.61. The second kappa shape index (κ2) is 60.4. The third-order valence-electron chi connectivity index (χ3n) is 17.4. The summed E-state index contributed by atoms with van der Waals surface area (Å²) in [7, 11) is 0. The first-order valence-electron chi connectivity index (χ1n) is 36.1. The molecule has 11 heteroatoms. The van der Waals surface area contributed by atoms with E-state index in [1.807, 2.05) is 6.08 Å². The molecule has 490 valence electrons. The molecular formula is C72H137NO10. The quantitative estimate of drug-likeness (QED) is 0.0195. The van der Waals surface area contributed by atoms with E-state index in [1.54, 1.807) is 6.08 Å². The Bertz CT molecular complexity index is 1450. The molecule has 1 heterocycles. The van der Waals surface area contributed by atoms with E-state index in [4.69, 9.17) is 14.2 Å². The number of esters is 1. The van der Waals surface area contributed by atoms with Gasteiger partial charge in [0.1, 0.15) is 24.4 Å². The first kappa shape index (κ1) is 79.2. The summed E-state index contributed by atoms with van der Waals surface area (Å²) in [6.07, 6.45) is 62.2.